The number of aromatic nitrogens is 5. The van der Waals surface area contributed by atoms with Crippen LogP contribution in [0.2, 0.25) is 0 Å². The van der Waals surface area contributed by atoms with E-state index >= 15 is 0 Å². The fourth-order valence-electron chi connectivity index (χ4n) is 1.68. The lowest BCUT2D eigenvalue weighted by molar-refractivity contribution is 0.381. The first-order valence-electron chi connectivity index (χ1n) is 5.98. The Hall–Kier alpha value is -1.72. The Kier molecular flexibility index (Phi) is 2.96. The van der Waals surface area contributed by atoms with Crippen molar-refractivity contribution in [2.24, 2.45) is 0 Å². The molecule has 0 bridgehead atoms. The largest absolute Gasteiger partial charge is 0.343 e. The van der Waals surface area contributed by atoms with E-state index in [2.05, 4.69) is 59.9 Å². The van der Waals surface area contributed by atoms with Gasteiger partial charge in [-0.1, -0.05) is 39.8 Å². The Morgan fingerprint density at radius 1 is 1.17 bits per heavy atom. The molecule has 2 heterocycles. The summed E-state index contributed by atoms with van der Waals surface area (Å²) in [5.74, 6) is 2.34. The van der Waals surface area contributed by atoms with Gasteiger partial charge in [0.05, 0.1) is 0 Å². The topological polar surface area (TPSA) is 80.5 Å². The zero-order valence-corrected chi connectivity index (χ0v) is 11.5. The molecule has 2 aromatic heterocycles. The number of rotatable bonds is 3. The molecule has 0 saturated carbocycles. The van der Waals surface area contributed by atoms with Crippen LogP contribution in [0, 0.1) is 0 Å². The molecule has 0 aliphatic heterocycles. The second-order valence-electron chi connectivity index (χ2n) is 6.17. The molecule has 6 heteroatoms. The molecule has 98 valence electrons. The average Bonchev–Trinajstić information content (AvgIpc) is 2.83. The second kappa shape index (κ2) is 4.19. The maximum Gasteiger partial charge on any atom is 0.213 e. The monoisotopic (exact) mass is 249 g/mol. The lowest BCUT2D eigenvalue weighted by Gasteiger charge is -2.18. The van der Waals surface area contributed by atoms with Crippen molar-refractivity contribution < 1.29 is 4.52 Å². The Morgan fingerprint density at radius 3 is 2.39 bits per heavy atom. The Morgan fingerprint density at radius 2 is 1.89 bits per heavy atom. The lowest BCUT2D eigenvalue weighted by Crippen LogP contribution is -2.23. The van der Waals surface area contributed by atoms with Gasteiger partial charge in [-0.2, -0.15) is 10.1 Å². The summed E-state index contributed by atoms with van der Waals surface area (Å²) in [6.07, 6.45) is 2.04. The van der Waals surface area contributed by atoms with E-state index in [0.717, 1.165) is 11.6 Å². The maximum absolute atomic E-state index is 4.79. The number of aromatic amines is 1. The van der Waals surface area contributed by atoms with Crippen LogP contribution in [0.4, 0.5) is 0 Å². The van der Waals surface area contributed by atoms with Crippen molar-refractivity contribution in [3.05, 3.63) is 23.9 Å². The van der Waals surface area contributed by atoms with Gasteiger partial charge in [-0.05, 0) is 0 Å². The van der Waals surface area contributed by atoms with E-state index in [1.54, 1.807) is 0 Å². The first-order chi connectivity index (χ1) is 8.29. The average molecular weight is 249 g/mol. The van der Waals surface area contributed by atoms with E-state index in [1.165, 1.54) is 6.39 Å². The molecule has 0 fully saturated rings. The summed E-state index contributed by atoms with van der Waals surface area (Å²) < 4.78 is 4.79. The van der Waals surface area contributed by atoms with Crippen LogP contribution >= 0.6 is 0 Å². The molecule has 0 radical (unpaired) electrons. The third-order valence-corrected chi connectivity index (χ3v) is 2.78. The first kappa shape index (κ1) is 12.7. The molecule has 0 aliphatic carbocycles. The molecule has 0 spiro atoms. The van der Waals surface area contributed by atoms with Gasteiger partial charge in [0.1, 0.15) is 5.82 Å². The van der Waals surface area contributed by atoms with Crippen LogP contribution in [0.15, 0.2) is 10.9 Å². The fraction of sp³-hybridized carbons (Fsp3) is 0.667. The molecule has 2 aromatic rings. The van der Waals surface area contributed by atoms with Crippen molar-refractivity contribution in [1.82, 2.24) is 25.3 Å². The molecule has 18 heavy (non-hydrogen) atoms. The smallest absolute Gasteiger partial charge is 0.213 e. The van der Waals surface area contributed by atoms with Crippen molar-refractivity contribution in [2.45, 2.75) is 51.9 Å². The van der Waals surface area contributed by atoms with Crippen LogP contribution < -0.4 is 0 Å². The summed E-state index contributed by atoms with van der Waals surface area (Å²) in [5.41, 5.74) is -0.285. The highest BCUT2D eigenvalue weighted by Crippen LogP contribution is 2.24. The van der Waals surface area contributed by atoms with Gasteiger partial charge < -0.3 is 4.52 Å². The Balaban J connectivity index is 2.17. The number of nitrogens with one attached hydrogen (secondary N) is 1. The molecule has 0 saturated heterocycles. The minimum atomic E-state index is -0.234. The highest BCUT2D eigenvalue weighted by molar-refractivity contribution is 5.08. The maximum atomic E-state index is 4.79. The van der Waals surface area contributed by atoms with Gasteiger partial charge in [-0.25, -0.2) is 4.98 Å². The molecule has 1 N–H and O–H groups in total. The van der Waals surface area contributed by atoms with Crippen molar-refractivity contribution in [1.29, 1.82) is 0 Å². The van der Waals surface area contributed by atoms with Crippen LogP contribution in [-0.4, -0.2) is 25.3 Å². The van der Waals surface area contributed by atoms with Gasteiger partial charge in [-0.15, -0.1) is 0 Å². The fourth-order valence-corrected chi connectivity index (χ4v) is 1.68. The highest BCUT2D eigenvalue weighted by atomic mass is 16.5. The summed E-state index contributed by atoms with van der Waals surface area (Å²) in [6, 6.07) is 0. The normalized spacial score (nSPS) is 12.9. The Labute approximate surface area is 106 Å². The summed E-state index contributed by atoms with van der Waals surface area (Å²) in [7, 11) is 0. The van der Waals surface area contributed by atoms with E-state index in [-0.39, 0.29) is 10.8 Å². The second-order valence-corrected chi connectivity index (χ2v) is 6.17. The minimum Gasteiger partial charge on any atom is -0.343 e. The van der Waals surface area contributed by atoms with Crippen LogP contribution in [0.25, 0.3) is 0 Å². The minimum absolute atomic E-state index is 0.0506. The number of nitrogens with zero attached hydrogens (tertiary/aromatic N) is 4. The summed E-state index contributed by atoms with van der Waals surface area (Å²) in [4.78, 5) is 8.62. The lowest BCUT2D eigenvalue weighted by atomic mass is 9.88. The van der Waals surface area contributed by atoms with Gasteiger partial charge in [-0.3, -0.25) is 5.10 Å². The number of H-pyrrole nitrogens is 1. The van der Waals surface area contributed by atoms with Crippen LogP contribution in [-0.2, 0) is 17.3 Å². The quantitative estimate of drug-likeness (QED) is 0.899. The van der Waals surface area contributed by atoms with Crippen molar-refractivity contribution in [3.8, 4) is 0 Å². The zero-order chi connectivity index (χ0) is 13.4. The molecular weight excluding hydrogens is 230 g/mol. The molecule has 0 aliphatic rings. The van der Waals surface area contributed by atoms with Crippen molar-refractivity contribution in [3.63, 3.8) is 0 Å². The van der Waals surface area contributed by atoms with Crippen LogP contribution in [0.5, 0.6) is 0 Å². The summed E-state index contributed by atoms with van der Waals surface area (Å²) in [6.45, 7) is 10.4. The van der Waals surface area contributed by atoms with E-state index in [4.69, 9.17) is 4.52 Å². The summed E-state index contributed by atoms with van der Waals surface area (Å²) >= 11 is 0. The predicted molar refractivity (Wildman–Crippen MR) is 66.1 cm³/mol. The third-order valence-electron chi connectivity index (χ3n) is 2.78. The standard InChI is InChI=1S/C12H19N5O/c1-11(2,3)9-14-8(15-16-9)6-12(4,5)10-13-7-18-17-10/h7H,6H2,1-5H3,(H,14,15,16). The van der Waals surface area contributed by atoms with Crippen molar-refractivity contribution >= 4 is 0 Å². The molecule has 6 nitrogen and oxygen atoms in total. The van der Waals surface area contributed by atoms with Gasteiger partial charge in [0.25, 0.3) is 0 Å². The number of hydrogen-bond donors (Lipinski definition) is 1. The molecule has 2 rings (SSSR count). The van der Waals surface area contributed by atoms with Gasteiger partial charge in [0.15, 0.2) is 11.6 Å². The highest BCUT2D eigenvalue weighted by Gasteiger charge is 2.28. The van der Waals surface area contributed by atoms with Gasteiger partial charge >= 0.3 is 0 Å². The van der Waals surface area contributed by atoms with E-state index in [1.807, 2.05) is 0 Å². The van der Waals surface area contributed by atoms with Gasteiger partial charge in [0, 0.05) is 17.3 Å². The van der Waals surface area contributed by atoms with E-state index < -0.39 is 0 Å². The predicted octanol–water partition coefficient (Wildman–Crippen LogP) is 2.01. The van der Waals surface area contributed by atoms with Crippen LogP contribution in [0.1, 0.15) is 52.1 Å². The Bertz CT molecular complexity index is 507. The SMILES string of the molecule is CC(C)(C)c1n[nH]c(CC(C)(C)c2ncon2)n1. The van der Waals surface area contributed by atoms with Crippen LogP contribution in [0.3, 0.4) is 0 Å². The molecular formula is C12H19N5O. The number of hydrogen-bond acceptors (Lipinski definition) is 5. The summed E-state index contributed by atoms with van der Waals surface area (Å²) in [5, 5.41) is 11.1. The molecule has 0 amide bonds. The van der Waals surface area contributed by atoms with Gasteiger partial charge in [0.2, 0.25) is 6.39 Å². The van der Waals surface area contributed by atoms with Crippen molar-refractivity contribution in [2.75, 3.05) is 0 Å². The van der Waals surface area contributed by atoms with E-state index in [9.17, 15) is 0 Å². The van der Waals surface area contributed by atoms with E-state index in [0.29, 0.717) is 12.2 Å². The first-order valence-corrected chi connectivity index (χ1v) is 5.98. The zero-order valence-electron chi connectivity index (χ0n) is 11.5. The third kappa shape index (κ3) is 2.57. The molecule has 0 aromatic carbocycles. The molecule has 0 atom stereocenters. The molecule has 0 unspecified atom stereocenters.